The van der Waals surface area contributed by atoms with Crippen molar-refractivity contribution < 1.29 is 0 Å². The molecule has 0 saturated heterocycles. The lowest BCUT2D eigenvalue weighted by atomic mass is 10.3. The topological polar surface area (TPSA) is 94.5 Å². The van der Waals surface area contributed by atoms with Crippen LogP contribution < -0.4 is 11.1 Å². The number of nitrogen functional groups attached to an aromatic ring is 1. The van der Waals surface area contributed by atoms with E-state index >= 15 is 0 Å². The highest BCUT2D eigenvalue weighted by Gasteiger charge is 2.02. The molecule has 7 nitrogen and oxygen atoms in total. The van der Waals surface area contributed by atoms with E-state index < -0.39 is 0 Å². The maximum Gasteiger partial charge on any atom is 0.134 e. The van der Waals surface area contributed by atoms with Crippen molar-refractivity contribution in [3.8, 4) is 0 Å². The Hall–Kier alpha value is -2.18. The first-order chi connectivity index (χ1) is 7.77. The molecule has 0 bridgehead atoms. The van der Waals surface area contributed by atoms with Crippen molar-refractivity contribution in [2.24, 2.45) is 0 Å². The monoisotopic (exact) mass is 219 g/mol. The fourth-order valence-electron chi connectivity index (χ4n) is 1.28. The van der Waals surface area contributed by atoms with Crippen LogP contribution in [0.3, 0.4) is 0 Å². The third kappa shape index (κ3) is 2.25. The quantitative estimate of drug-likeness (QED) is 0.755. The van der Waals surface area contributed by atoms with Gasteiger partial charge in [-0.1, -0.05) is 5.21 Å². The van der Waals surface area contributed by atoms with Gasteiger partial charge in [-0.25, -0.2) is 9.97 Å². The maximum absolute atomic E-state index is 5.67. The van der Waals surface area contributed by atoms with Gasteiger partial charge in [0.05, 0.1) is 12.7 Å². The predicted octanol–water partition coefficient (Wildman–Crippen LogP) is 0.0708. The third-order valence-electron chi connectivity index (χ3n) is 2.23. The molecule has 2 rings (SSSR count). The summed E-state index contributed by atoms with van der Waals surface area (Å²) < 4.78 is 1.74. The lowest BCUT2D eigenvalue weighted by Gasteiger charge is -2.08. The van der Waals surface area contributed by atoms with Crippen molar-refractivity contribution in [2.75, 3.05) is 17.6 Å². The second kappa shape index (κ2) is 4.56. The predicted molar refractivity (Wildman–Crippen MR) is 59.7 cm³/mol. The van der Waals surface area contributed by atoms with Gasteiger partial charge in [0, 0.05) is 18.3 Å². The number of anilines is 2. The smallest absolute Gasteiger partial charge is 0.134 e. The van der Waals surface area contributed by atoms with Gasteiger partial charge in [-0.2, -0.15) is 0 Å². The van der Waals surface area contributed by atoms with E-state index in [-0.39, 0.29) is 0 Å². The van der Waals surface area contributed by atoms with Gasteiger partial charge in [0.2, 0.25) is 0 Å². The highest BCUT2D eigenvalue weighted by molar-refractivity contribution is 5.53. The summed E-state index contributed by atoms with van der Waals surface area (Å²) in [6.45, 7) is 3.32. The molecule has 0 aliphatic carbocycles. The Kier molecular flexibility index (Phi) is 2.95. The van der Waals surface area contributed by atoms with Crippen molar-refractivity contribution in [3.05, 3.63) is 24.3 Å². The Bertz CT molecular complexity index is 451. The second-order valence-corrected chi connectivity index (χ2v) is 3.33. The fraction of sp³-hybridized carbons (Fsp3) is 0.333. The number of nitrogens with one attached hydrogen (secondary N) is 1. The largest absolute Gasteiger partial charge is 0.383 e. The molecule has 0 unspecified atom stereocenters. The minimum Gasteiger partial charge on any atom is -0.383 e. The summed E-state index contributed by atoms with van der Waals surface area (Å²) in [4.78, 5) is 8.01. The minimum absolute atomic E-state index is 0.498. The molecule has 3 N–H and O–H groups in total. The van der Waals surface area contributed by atoms with Crippen molar-refractivity contribution >= 4 is 11.6 Å². The summed E-state index contributed by atoms with van der Waals surface area (Å²) in [7, 11) is 0. The zero-order valence-electron chi connectivity index (χ0n) is 8.96. The van der Waals surface area contributed by atoms with Crippen LogP contribution in [0.5, 0.6) is 0 Å². The summed E-state index contributed by atoms with van der Waals surface area (Å²) in [5, 5.41) is 10.7. The van der Waals surface area contributed by atoms with Gasteiger partial charge in [0.25, 0.3) is 0 Å². The number of aromatic nitrogens is 5. The van der Waals surface area contributed by atoms with E-state index in [9.17, 15) is 0 Å². The highest BCUT2D eigenvalue weighted by atomic mass is 15.4. The van der Waals surface area contributed by atoms with Crippen LogP contribution >= 0.6 is 0 Å². The highest BCUT2D eigenvalue weighted by Crippen LogP contribution is 2.14. The molecule has 2 aromatic heterocycles. The molecule has 2 aromatic rings. The van der Waals surface area contributed by atoms with Crippen molar-refractivity contribution in [2.45, 2.75) is 13.5 Å². The molecule has 0 aliphatic rings. The second-order valence-electron chi connectivity index (χ2n) is 3.33. The van der Waals surface area contributed by atoms with Crippen molar-refractivity contribution in [3.63, 3.8) is 0 Å². The molecule has 16 heavy (non-hydrogen) atoms. The summed E-state index contributed by atoms with van der Waals surface area (Å²) in [5.41, 5.74) is 6.53. The van der Waals surface area contributed by atoms with E-state index in [1.165, 1.54) is 6.33 Å². The van der Waals surface area contributed by atoms with E-state index in [0.29, 0.717) is 12.4 Å². The molecule has 0 atom stereocenters. The SMILES string of the molecule is Cc1c(N)ncnc1NCCn1ccnn1. The average molecular weight is 219 g/mol. The molecule has 0 amide bonds. The van der Waals surface area contributed by atoms with E-state index in [2.05, 4.69) is 25.6 Å². The lowest BCUT2D eigenvalue weighted by molar-refractivity contribution is 0.608. The summed E-state index contributed by atoms with van der Waals surface area (Å²) in [6.07, 6.45) is 4.90. The summed E-state index contributed by atoms with van der Waals surface area (Å²) >= 11 is 0. The van der Waals surface area contributed by atoms with Crippen LogP contribution in [0.1, 0.15) is 5.56 Å². The number of hydrogen-bond donors (Lipinski definition) is 2. The minimum atomic E-state index is 0.498. The Balaban J connectivity index is 1.92. The molecule has 84 valence electrons. The van der Waals surface area contributed by atoms with Gasteiger partial charge in [-0.05, 0) is 6.92 Å². The zero-order chi connectivity index (χ0) is 11.4. The van der Waals surface area contributed by atoms with Crippen LogP contribution in [-0.2, 0) is 6.54 Å². The molecule has 0 fully saturated rings. The van der Waals surface area contributed by atoms with Gasteiger partial charge in [0.15, 0.2) is 0 Å². The maximum atomic E-state index is 5.67. The molecule has 0 spiro atoms. The number of rotatable bonds is 4. The van der Waals surface area contributed by atoms with Gasteiger partial charge < -0.3 is 11.1 Å². The first kappa shape index (κ1) is 10.3. The van der Waals surface area contributed by atoms with Crippen LogP contribution in [-0.4, -0.2) is 31.5 Å². The molecule has 0 aromatic carbocycles. The van der Waals surface area contributed by atoms with Crippen LogP contribution in [0.4, 0.5) is 11.6 Å². The molecule has 0 saturated carbocycles. The Morgan fingerprint density at radius 3 is 3.06 bits per heavy atom. The molecular weight excluding hydrogens is 206 g/mol. The van der Waals surface area contributed by atoms with Crippen LogP contribution in [0.2, 0.25) is 0 Å². The van der Waals surface area contributed by atoms with Gasteiger partial charge >= 0.3 is 0 Å². The van der Waals surface area contributed by atoms with Crippen LogP contribution in [0.15, 0.2) is 18.7 Å². The zero-order valence-corrected chi connectivity index (χ0v) is 8.96. The molecule has 0 aliphatic heterocycles. The van der Waals surface area contributed by atoms with E-state index in [0.717, 1.165) is 17.9 Å². The summed E-state index contributed by atoms with van der Waals surface area (Å²) in [5.74, 6) is 1.26. The lowest BCUT2D eigenvalue weighted by Crippen LogP contribution is -2.13. The van der Waals surface area contributed by atoms with Crippen LogP contribution in [0, 0.1) is 6.92 Å². The molecular formula is C9H13N7. The molecule has 2 heterocycles. The van der Waals surface area contributed by atoms with Crippen LogP contribution in [0.25, 0.3) is 0 Å². The standard InChI is InChI=1S/C9H13N7/c1-7-8(10)12-6-13-9(7)11-2-4-16-5-3-14-15-16/h3,5-6H,2,4H2,1H3,(H3,10,11,12,13). The normalized spacial score (nSPS) is 10.3. The Labute approximate surface area is 92.7 Å². The Morgan fingerprint density at radius 1 is 1.44 bits per heavy atom. The molecule has 7 heteroatoms. The Morgan fingerprint density at radius 2 is 2.31 bits per heavy atom. The number of nitrogens with two attached hydrogens (primary N) is 1. The fourth-order valence-corrected chi connectivity index (χ4v) is 1.28. The number of nitrogens with zero attached hydrogens (tertiary/aromatic N) is 5. The van der Waals surface area contributed by atoms with E-state index in [1.807, 2.05) is 13.1 Å². The van der Waals surface area contributed by atoms with E-state index in [4.69, 9.17) is 5.73 Å². The van der Waals surface area contributed by atoms with Crippen molar-refractivity contribution in [1.29, 1.82) is 0 Å². The number of hydrogen-bond acceptors (Lipinski definition) is 6. The third-order valence-corrected chi connectivity index (χ3v) is 2.23. The van der Waals surface area contributed by atoms with Gasteiger partial charge in [-0.15, -0.1) is 5.10 Å². The summed E-state index contributed by atoms with van der Waals surface area (Å²) in [6, 6.07) is 0. The van der Waals surface area contributed by atoms with Gasteiger partial charge in [0.1, 0.15) is 18.0 Å². The molecule has 0 radical (unpaired) electrons. The first-order valence-electron chi connectivity index (χ1n) is 4.92. The van der Waals surface area contributed by atoms with E-state index in [1.54, 1.807) is 10.9 Å². The first-order valence-corrected chi connectivity index (χ1v) is 4.92. The van der Waals surface area contributed by atoms with Crippen molar-refractivity contribution in [1.82, 2.24) is 25.0 Å². The average Bonchev–Trinajstić information content (AvgIpc) is 2.77. The van der Waals surface area contributed by atoms with Gasteiger partial charge in [-0.3, -0.25) is 4.68 Å².